The Morgan fingerprint density at radius 1 is 0.889 bits per heavy atom. The van der Waals surface area contributed by atoms with Crippen molar-refractivity contribution < 1.29 is 4.21 Å². The molecule has 1 unspecified atom stereocenters. The van der Waals surface area contributed by atoms with Crippen LogP contribution >= 0.6 is 69.6 Å². The Morgan fingerprint density at radius 3 is 1.83 bits per heavy atom. The molecular formula is C10H4Cl6OS. The average molecular weight is 385 g/mol. The van der Waals surface area contributed by atoms with Crippen molar-refractivity contribution in [3.63, 3.8) is 0 Å². The third-order valence-electron chi connectivity index (χ3n) is 1.72. The lowest BCUT2D eigenvalue weighted by molar-refractivity contribution is 0.688. The van der Waals surface area contributed by atoms with Crippen molar-refractivity contribution in [2.45, 2.75) is 4.90 Å². The van der Waals surface area contributed by atoms with Crippen LogP contribution in [0.1, 0.15) is 0 Å². The van der Waals surface area contributed by atoms with E-state index < -0.39 is 10.8 Å². The van der Waals surface area contributed by atoms with E-state index in [2.05, 4.69) is 0 Å². The van der Waals surface area contributed by atoms with Crippen LogP contribution in [-0.4, -0.2) is 4.21 Å². The van der Waals surface area contributed by atoms with Gasteiger partial charge < -0.3 is 0 Å². The van der Waals surface area contributed by atoms with E-state index in [0.717, 1.165) is 0 Å². The molecule has 0 heterocycles. The molecule has 8 heteroatoms. The van der Waals surface area contributed by atoms with Gasteiger partial charge in [0.25, 0.3) is 0 Å². The lowest BCUT2D eigenvalue weighted by Crippen LogP contribution is -1.93. The normalized spacial score (nSPS) is 13.9. The number of hydrogen-bond donors (Lipinski definition) is 0. The molecule has 1 nitrogen and oxygen atoms in total. The predicted octanol–water partition coefficient (Wildman–Crippen LogP) is 5.98. The van der Waals surface area contributed by atoms with Crippen LogP contribution in [0.15, 0.2) is 48.1 Å². The van der Waals surface area contributed by atoms with Gasteiger partial charge in [-0.25, -0.2) is 4.21 Å². The van der Waals surface area contributed by atoms with Crippen molar-refractivity contribution in [2.75, 3.05) is 0 Å². The van der Waals surface area contributed by atoms with Gasteiger partial charge in [0.1, 0.15) is 8.86 Å². The molecule has 0 spiro atoms. The van der Waals surface area contributed by atoms with E-state index in [1.165, 1.54) is 0 Å². The third-order valence-corrected chi connectivity index (χ3v) is 5.45. The monoisotopic (exact) mass is 382 g/mol. The first-order chi connectivity index (χ1) is 8.34. The van der Waals surface area contributed by atoms with Gasteiger partial charge in [-0.05, 0) is 24.3 Å². The summed E-state index contributed by atoms with van der Waals surface area (Å²) in [6.45, 7) is 0. The summed E-state index contributed by atoms with van der Waals surface area (Å²) in [7, 11) is -1.69. The Balaban J connectivity index is 3.15. The topological polar surface area (TPSA) is 17.1 Å². The highest BCUT2D eigenvalue weighted by Gasteiger charge is 2.16. The standard InChI is InChI=1S/C10H4Cl6OS/c11-5-1-3-6(4-2-5)18(17)10(16)8(13)7(12)9(14)15/h1-4H. The minimum absolute atomic E-state index is 0.160. The summed E-state index contributed by atoms with van der Waals surface area (Å²) in [6, 6.07) is 6.29. The Hall–Kier alpha value is 0.590. The molecule has 98 valence electrons. The van der Waals surface area contributed by atoms with Crippen molar-refractivity contribution in [1.82, 2.24) is 0 Å². The van der Waals surface area contributed by atoms with Crippen LogP contribution in [0.4, 0.5) is 0 Å². The maximum absolute atomic E-state index is 12.1. The van der Waals surface area contributed by atoms with Gasteiger partial charge >= 0.3 is 0 Å². The van der Waals surface area contributed by atoms with Crippen molar-refractivity contribution in [3.05, 3.63) is 48.2 Å². The quantitative estimate of drug-likeness (QED) is 0.586. The van der Waals surface area contributed by atoms with Crippen molar-refractivity contribution in [2.24, 2.45) is 0 Å². The van der Waals surface area contributed by atoms with E-state index in [1.807, 2.05) is 0 Å². The summed E-state index contributed by atoms with van der Waals surface area (Å²) in [6.07, 6.45) is 0. The third kappa shape index (κ3) is 4.31. The highest BCUT2D eigenvalue weighted by Crippen LogP contribution is 2.34. The maximum Gasteiger partial charge on any atom is 0.130 e. The molecule has 1 atom stereocenters. The van der Waals surface area contributed by atoms with Crippen LogP contribution in [0.25, 0.3) is 0 Å². The zero-order valence-corrected chi connectivity index (χ0v) is 13.7. The number of benzene rings is 1. The smallest absolute Gasteiger partial charge is 0.130 e. The second-order valence-corrected chi connectivity index (χ2v) is 7.05. The molecule has 1 aromatic carbocycles. The zero-order chi connectivity index (χ0) is 13.9. The Morgan fingerprint density at radius 2 is 1.39 bits per heavy atom. The molecule has 0 aromatic heterocycles. The van der Waals surface area contributed by atoms with Crippen LogP contribution < -0.4 is 0 Å². The van der Waals surface area contributed by atoms with Crippen molar-refractivity contribution in [1.29, 1.82) is 0 Å². The van der Waals surface area contributed by atoms with E-state index in [9.17, 15) is 4.21 Å². The Kier molecular flexibility index (Phi) is 6.84. The molecule has 0 fully saturated rings. The molecule has 1 aromatic rings. The number of halogens is 6. The second kappa shape index (κ2) is 7.39. The predicted molar refractivity (Wildman–Crippen MR) is 81.2 cm³/mol. The molecule has 0 amide bonds. The molecular weight excluding hydrogens is 381 g/mol. The van der Waals surface area contributed by atoms with Gasteiger partial charge in [0.2, 0.25) is 0 Å². The first-order valence-corrected chi connectivity index (χ1v) is 7.70. The molecule has 0 aliphatic rings. The van der Waals surface area contributed by atoms with Crippen LogP contribution in [0.2, 0.25) is 5.02 Å². The minimum Gasteiger partial charge on any atom is -0.248 e. The molecule has 0 aliphatic heterocycles. The van der Waals surface area contributed by atoms with Gasteiger partial charge in [-0.15, -0.1) is 0 Å². The fourth-order valence-electron chi connectivity index (χ4n) is 0.912. The summed E-state index contributed by atoms with van der Waals surface area (Å²) in [5.41, 5.74) is 0. The fraction of sp³-hybridized carbons (Fsp3) is 0. The zero-order valence-electron chi connectivity index (χ0n) is 8.39. The second-order valence-electron chi connectivity index (χ2n) is 2.88. The van der Waals surface area contributed by atoms with Crippen LogP contribution in [0.3, 0.4) is 0 Å². The van der Waals surface area contributed by atoms with E-state index in [1.54, 1.807) is 24.3 Å². The molecule has 0 N–H and O–H groups in total. The van der Waals surface area contributed by atoms with Gasteiger partial charge in [-0.3, -0.25) is 0 Å². The molecule has 0 aliphatic carbocycles. The highest BCUT2D eigenvalue weighted by atomic mass is 35.5. The Labute approximate surface area is 137 Å². The molecule has 0 bridgehead atoms. The molecule has 0 radical (unpaired) electrons. The van der Waals surface area contributed by atoms with Gasteiger partial charge in [-0.2, -0.15) is 0 Å². The first kappa shape index (κ1) is 16.6. The largest absolute Gasteiger partial charge is 0.248 e. The van der Waals surface area contributed by atoms with E-state index >= 15 is 0 Å². The van der Waals surface area contributed by atoms with Crippen LogP contribution in [0, 0.1) is 0 Å². The van der Waals surface area contributed by atoms with Crippen molar-refractivity contribution >= 4 is 80.4 Å². The SMILES string of the molecule is O=S(C(Cl)=C(Cl)C(Cl)=C(Cl)Cl)c1ccc(Cl)cc1. The fourth-order valence-corrected chi connectivity index (χ4v) is 3.04. The summed E-state index contributed by atoms with van der Waals surface area (Å²) in [5.74, 6) is 0. The van der Waals surface area contributed by atoms with E-state index in [-0.39, 0.29) is 18.9 Å². The molecule has 1 rings (SSSR count). The average Bonchev–Trinajstić information content (AvgIpc) is 2.36. The molecule has 0 saturated heterocycles. The van der Waals surface area contributed by atoms with Gasteiger partial charge in [0.05, 0.1) is 20.9 Å². The minimum atomic E-state index is -1.69. The van der Waals surface area contributed by atoms with Gasteiger partial charge in [0.15, 0.2) is 0 Å². The van der Waals surface area contributed by atoms with E-state index in [4.69, 9.17) is 69.6 Å². The summed E-state index contributed by atoms with van der Waals surface area (Å²) >= 11 is 34.0. The lowest BCUT2D eigenvalue weighted by atomic mass is 10.4. The molecule has 18 heavy (non-hydrogen) atoms. The summed E-state index contributed by atoms with van der Waals surface area (Å²) in [4.78, 5) is 0.428. The number of hydrogen-bond acceptors (Lipinski definition) is 1. The van der Waals surface area contributed by atoms with Crippen LogP contribution in [0.5, 0.6) is 0 Å². The summed E-state index contributed by atoms with van der Waals surface area (Å²) in [5, 5.41) is 0.197. The number of rotatable bonds is 3. The van der Waals surface area contributed by atoms with Crippen molar-refractivity contribution in [3.8, 4) is 0 Å². The first-order valence-electron chi connectivity index (χ1n) is 4.28. The Bertz CT molecular complexity index is 530. The lowest BCUT2D eigenvalue weighted by Gasteiger charge is -2.04. The maximum atomic E-state index is 12.1. The highest BCUT2D eigenvalue weighted by molar-refractivity contribution is 7.90. The number of allylic oxidation sites excluding steroid dienone is 2. The van der Waals surface area contributed by atoms with Gasteiger partial charge in [-0.1, -0.05) is 69.6 Å². The van der Waals surface area contributed by atoms with E-state index in [0.29, 0.717) is 9.92 Å². The summed E-state index contributed by atoms with van der Waals surface area (Å²) < 4.78 is 11.6. The van der Waals surface area contributed by atoms with Gasteiger partial charge in [0, 0.05) is 9.92 Å². The molecule has 0 saturated carbocycles. The van der Waals surface area contributed by atoms with Crippen LogP contribution in [-0.2, 0) is 10.8 Å².